The molecule has 0 aromatic carbocycles. The van der Waals surface area contributed by atoms with Crippen molar-refractivity contribution in [3.8, 4) is 0 Å². The van der Waals surface area contributed by atoms with Crippen molar-refractivity contribution in [3.63, 3.8) is 0 Å². The van der Waals surface area contributed by atoms with E-state index in [-0.39, 0.29) is 0 Å². The van der Waals surface area contributed by atoms with Crippen molar-refractivity contribution in [2.24, 2.45) is 0 Å². The van der Waals surface area contributed by atoms with E-state index >= 15 is 0 Å². The topological polar surface area (TPSA) is 57.4 Å². The zero-order valence-electron chi connectivity index (χ0n) is 10.2. The summed E-state index contributed by atoms with van der Waals surface area (Å²) in [5.74, 6) is 0. The van der Waals surface area contributed by atoms with Crippen LogP contribution >= 0.6 is 0 Å². The van der Waals surface area contributed by atoms with Crippen LogP contribution < -0.4 is 0 Å². The summed E-state index contributed by atoms with van der Waals surface area (Å²) in [4.78, 5) is 15.4. The van der Waals surface area contributed by atoms with Gasteiger partial charge in [0.25, 0.3) is 0 Å². The molecule has 0 atom stereocenters. The maximum absolute atomic E-state index is 4.44. The molecule has 0 saturated carbocycles. The fourth-order valence-corrected chi connectivity index (χ4v) is 2.50. The smallest absolute Gasteiger partial charge is 0.0914 e. The molecule has 0 aliphatic carbocycles. The third-order valence-electron chi connectivity index (χ3n) is 3.41. The molecule has 0 saturated heterocycles. The average Bonchev–Trinajstić information content (AvgIpc) is 3.05. The second-order valence-electron chi connectivity index (χ2n) is 4.60. The number of hydrogen-bond acceptors (Lipinski definition) is 2. The molecule has 4 aromatic rings. The SMILES string of the molecule is c1cnc2c(Cc3c[nH]c4cccnc34)c[nH]c2c1. The number of fused-ring (bicyclic) bond motifs is 2. The van der Waals surface area contributed by atoms with E-state index in [1.807, 2.05) is 49.1 Å². The van der Waals surface area contributed by atoms with Crippen LogP contribution in [-0.2, 0) is 6.42 Å². The summed E-state index contributed by atoms with van der Waals surface area (Å²) in [5.41, 5.74) is 6.61. The van der Waals surface area contributed by atoms with Crippen molar-refractivity contribution in [3.05, 3.63) is 60.2 Å². The van der Waals surface area contributed by atoms with E-state index in [1.54, 1.807) is 0 Å². The molecule has 19 heavy (non-hydrogen) atoms. The van der Waals surface area contributed by atoms with Crippen molar-refractivity contribution in [2.45, 2.75) is 6.42 Å². The van der Waals surface area contributed by atoms with Crippen LogP contribution in [0.25, 0.3) is 22.1 Å². The first kappa shape index (κ1) is 10.3. The van der Waals surface area contributed by atoms with Crippen LogP contribution in [0.3, 0.4) is 0 Å². The number of nitrogens with one attached hydrogen (secondary N) is 2. The number of pyridine rings is 2. The largest absolute Gasteiger partial charge is 0.360 e. The summed E-state index contributed by atoms with van der Waals surface area (Å²) in [6, 6.07) is 7.96. The Hall–Kier alpha value is -2.62. The monoisotopic (exact) mass is 248 g/mol. The van der Waals surface area contributed by atoms with E-state index in [1.165, 1.54) is 11.1 Å². The lowest BCUT2D eigenvalue weighted by Gasteiger charge is -1.97. The highest BCUT2D eigenvalue weighted by atomic mass is 14.8. The molecule has 0 radical (unpaired) electrons. The zero-order chi connectivity index (χ0) is 12.7. The maximum Gasteiger partial charge on any atom is 0.0914 e. The van der Waals surface area contributed by atoms with Crippen molar-refractivity contribution >= 4 is 22.1 Å². The third-order valence-corrected chi connectivity index (χ3v) is 3.41. The molecule has 4 heteroatoms. The number of rotatable bonds is 2. The third kappa shape index (κ3) is 1.61. The first-order chi connectivity index (χ1) is 9.42. The van der Waals surface area contributed by atoms with E-state index in [0.29, 0.717) is 0 Å². The minimum absolute atomic E-state index is 0.827. The van der Waals surface area contributed by atoms with Gasteiger partial charge in [-0.3, -0.25) is 9.97 Å². The highest BCUT2D eigenvalue weighted by Gasteiger charge is 2.09. The van der Waals surface area contributed by atoms with Gasteiger partial charge in [0.1, 0.15) is 0 Å². The van der Waals surface area contributed by atoms with Crippen molar-refractivity contribution in [1.82, 2.24) is 19.9 Å². The standard InChI is InChI=1S/C15H12N4/c1-3-12-14(16-5-1)10(8-18-12)7-11-9-19-13-4-2-6-17-15(11)13/h1-6,8-9,18-19H,7H2. The quantitative estimate of drug-likeness (QED) is 0.573. The molecule has 0 spiro atoms. The molecule has 0 aliphatic rings. The van der Waals surface area contributed by atoms with Gasteiger partial charge in [0, 0.05) is 42.3 Å². The van der Waals surface area contributed by atoms with E-state index in [2.05, 4.69) is 19.9 Å². The lowest BCUT2D eigenvalue weighted by Crippen LogP contribution is -1.87. The zero-order valence-corrected chi connectivity index (χ0v) is 10.2. The summed E-state index contributed by atoms with van der Waals surface area (Å²) in [6.07, 6.45) is 8.53. The van der Waals surface area contributed by atoms with Crippen LogP contribution in [0.1, 0.15) is 11.1 Å². The van der Waals surface area contributed by atoms with Gasteiger partial charge < -0.3 is 9.97 Å². The molecule has 0 bridgehead atoms. The Morgan fingerprint density at radius 1 is 0.789 bits per heavy atom. The predicted octanol–water partition coefficient (Wildman–Crippen LogP) is 3.03. The highest BCUT2D eigenvalue weighted by molar-refractivity contribution is 5.82. The minimum atomic E-state index is 0.827. The fourth-order valence-electron chi connectivity index (χ4n) is 2.50. The molecule has 4 nitrogen and oxygen atoms in total. The number of aromatic amines is 2. The summed E-state index contributed by atoms with van der Waals surface area (Å²) >= 11 is 0. The van der Waals surface area contributed by atoms with Crippen molar-refractivity contribution in [1.29, 1.82) is 0 Å². The summed E-state index contributed by atoms with van der Waals surface area (Å²) in [5, 5.41) is 0. The number of aromatic nitrogens is 4. The van der Waals surface area contributed by atoms with Gasteiger partial charge in [-0.05, 0) is 24.3 Å². The summed E-state index contributed by atoms with van der Waals surface area (Å²) < 4.78 is 0. The van der Waals surface area contributed by atoms with Crippen LogP contribution in [0.15, 0.2) is 49.1 Å². The van der Waals surface area contributed by atoms with Gasteiger partial charge in [-0.25, -0.2) is 0 Å². The number of hydrogen-bond donors (Lipinski definition) is 2. The van der Waals surface area contributed by atoms with Crippen LogP contribution in [-0.4, -0.2) is 19.9 Å². The van der Waals surface area contributed by atoms with Gasteiger partial charge in [0.2, 0.25) is 0 Å². The Kier molecular flexibility index (Phi) is 2.14. The van der Waals surface area contributed by atoms with Crippen molar-refractivity contribution < 1.29 is 0 Å². The van der Waals surface area contributed by atoms with Gasteiger partial charge in [0.05, 0.1) is 22.1 Å². The van der Waals surface area contributed by atoms with Crippen molar-refractivity contribution in [2.75, 3.05) is 0 Å². The fraction of sp³-hybridized carbons (Fsp3) is 0.0667. The van der Waals surface area contributed by atoms with Gasteiger partial charge in [-0.1, -0.05) is 0 Å². The normalized spacial score (nSPS) is 11.4. The van der Waals surface area contributed by atoms with E-state index in [0.717, 1.165) is 28.5 Å². The van der Waals surface area contributed by atoms with E-state index in [9.17, 15) is 0 Å². The number of nitrogens with zero attached hydrogens (tertiary/aromatic N) is 2. The van der Waals surface area contributed by atoms with Crippen LogP contribution in [0.5, 0.6) is 0 Å². The van der Waals surface area contributed by atoms with E-state index in [4.69, 9.17) is 0 Å². The number of H-pyrrole nitrogens is 2. The summed E-state index contributed by atoms with van der Waals surface area (Å²) in [6.45, 7) is 0. The molecule has 0 fully saturated rings. The second kappa shape index (κ2) is 3.95. The summed E-state index contributed by atoms with van der Waals surface area (Å²) in [7, 11) is 0. The lowest BCUT2D eigenvalue weighted by molar-refractivity contribution is 1.20. The Labute approximate surface area is 109 Å². The molecule has 4 aromatic heterocycles. The average molecular weight is 248 g/mol. The molecule has 4 heterocycles. The first-order valence-electron chi connectivity index (χ1n) is 6.24. The van der Waals surface area contributed by atoms with Crippen LogP contribution in [0.2, 0.25) is 0 Å². The Balaban J connectivity index is 1.82. The maximum atomic E-state index is 4.44. The minimum Gasteiger partial charge on any atom is -0.360 e. The van der Waals surface area contributed by atoms with E-state index < -0.39 is 0 Å². The predicted molar refractivity (Wildman–Crippen MR) is 75.0 cm³/mol. The molecule has 92 valence electrons. The Bertz CT molecular complexity index is 784. The van der Waals surface area contributed by atoms with Gasteiger partial charge >= 0.3 is 0 Å². The molecular weight excluding hydrogens is 236 g/mol. The Morgan fingerprint density at radius 3 is 1.84 bits per heavy atom. The molecule has 0 amide bonds. The molecule has 0 aliphatic heterocycles. The molecule has 2 N–H and O–H groups in total. The molecule has 0 unspecified atom stereocenters. The van der Waals surface area contributed by atoms with Crippen LogP contribution in [0, 0.1) is 0 Å². The van der Waals surface area contributed by atoms with Crippen LogP contribution in [0.4, 0.5) is 0 Å². The van der Waals surface area contributed by atoms with Gasteiger partial charge in [0.15, 0.2) is 0 Å². The Morgan fingerprint density at radius 2 is 1.32 bits per heavy atom. The molecule has 4 rings (SSSR count). The van der Waals surface area contributed by atoms with Gasteiger partial charge in [-0.15, -0.1) is 0 Å². The lowest BCUT2D eigenvalue weighted by atomic mass is 10.1. The van der Waals surface area contributed by atoms with Gasteiger partial charge in [-0.2, -0.15) is 0 Å². The second-order valence-corrected chi connectivity index (χ2v) is 4.60. The molecular formula is C15H12N4. The first-order valence-corrected chi connectivity index (χ1v) is 6.24. The highest BCUT2D eigenvalue weighted by Crippen LogP contribution is 2.22.